The van der Waals surface area contributed by atoms with Crippen molar-refractivity contribution in [1.29, 1.82) is 0 Å². The fraction of sp³-hybridized carbons (Fsp3) is 0.214. The van der Waals surface area contributed by atoms with Crippen LogP contribution in [0.2, 0.25) is 0 Å². The Hall–Kier alpha value is -2.05. The minimum atomic E-state index is 0.702. The van der Waals surface area contributed by atoms with Gasteiger partial charge in [-0.15, -0.1) is 0 Å². The lowest BCUT2D eigenvalue weighted by molar-refractivity contribution is 0.739. The zero-order valence-corrected chi connectivity index (χ0v) is 9.46. The van der Waals surface area contributed by atoms with E-state index < -0.39 is 0 Å². The highest BCUT2D eigenvalue weighted by molar-refractivity contribution is 5.94. The minimum Gasteiger partial charge on any atom is -0.361 e. The van der Waals surface area contributed by atoms with E-state index in [4.69, 9.17) is 6.57 Å². The molecule has 3 rings (SSSR count). The van der Waals surface area contributed by atoms with Gasteiger partial charge in [0.15, 0.2) is 5.69 Å². The molecule has 2 N–H and O–H groups in total. The van der Waals surface area contributed by atoms with E-state index in [2.05, 4.69) is 27.4 Å². The average molecular weight is 223 g/mol. The summed E-state index contributed by atoms with van der Waals surface area (Å²) in [5, 5.41) is 4.47. The third kappa shape index (κ3) is 1.73. The molecule has 1 aliphatic rings. The molecule has 0 spiro atoms. The molecule has 84 valence electrons. The molecule has 0 saturated heterocycles. The van der Waals surface area contributed by atoms with Crippen LogP contribution in [0.5, 0.6) is 0 Å². The summed E-state index contributed by atoms with van der Waals surface area (Å²) < 4.78 is 0. The predicted molar refractivity (Wildman–Crippen MR) is 70.0 cm³/mol. The van der Waals surface area contributed by atoms with Gasteiger partial charge in [-0.25, -0.2) is 4.85 Å². The second-order valence-electron chi connectivity index (χ2n) is 4.23. The standard InChI is InChI=1S/C14H13N3/c1-15-11-2-3-14-12(8-11)13(9-17-14)10-4-6-16-7-5-10/h2-4,8-9,16-17H,5-7H2. The van der Waals surface area contributed by atoms with Crippen molar-refractivity contribution in [3.05, 3.63) is 47.5 Å². The topological polar surface area (TPSA) is 32.2 Å². The van der Waals surface area contributed by atoms with Crippen LogP contribution in [0, 0.1) is 6.57 Å². The smallest absolute Gasteiger partial charge is 0.188 e. The summed E-state index contributed by atoms with van der Waals surface area (Å²) in [5.74, 6) is 0. The highest BCUT2D eigenvalue weighted by Crippen LogP contribution is 2.30. The molecule has 0 fully saturated rings. The number of aromatic amines is 1. The Kier molecular flexibility index (Phi) is 2.43. The number of H-pyrrole nitrogens is 1. The zero-order valence-electron chi connectivity index (χ0n) is 9.46. The predicted octanol–water partition coefficient (Wildman–Crippen LogP) is 3.10. The molecule has 1 aliphatic heterocycles. The normalized spacial score (nSPS) is 15.6. The molecular weight excluding hydrogens is 210 g/mol. The number of nitrogens with one attached hydrogen (secondary N) is 2. The Morgan fingerprint density at radius 2 is 2.24 bits per heavy atom. The lowest BCUT2D eigenvalue weighted by atomic mass is 9.99. The van der Waals surface area contributed by atoms with Crippen LogP contribution in [0.3, 0.4) is 0 Å². The summed E-state index contributed by atoms with van der Waals surface area (Å²) in [6, 6.07) is 5.80. The quantitative estimate of drug-likeness (QED) is 0.715. The van der Waals surface area contributed by atoms with E-state index in [9.17, 15) is 0 Å². The molecule has 17 heavy (non-hydrogen) atoms. The van der Waals surface area contributed by atoms with Gasteiger partial charge >= 0.3 is 0 Å². The maximum absolute atomic E-state index is 7.08. The van der Waals surface area contributed by atoms with Crippen LogP contribution in [0.1, 0.15) is 12.0 Å². The highest BCUT2D eigenvalue weighted by Gasteiger charge is 2.11. The minimum absolute atomic E-state index is 0.702. The van der Waals surface area contributed by atoms with Crippen LogP contribution in [-0.2, 0) is 0 Å². The summed E-state index contributed by atoms with van der Waals surface area (Å²) in [6.45, 7) is 9.04. The summed E-state index contributed by atoms with van der Waals surface area (Å²) in [6.07, 6.45) is 5.33. The van der Waals surface area contributed by atoms with Gasteiger partial charge in [0, 0.05) is 23.8 Å². The van der Waals surface area contributed by atoms with Crippen LogP contribution in [0.25, 0.3) is 21.3 Å². The lowest BCUT2D eigenvalue weighted by Gasteiger charge is -2.13. The van der Waals surface area contributed by atoms with Crippen molar-refractivity contribution in [2.45, 2.75) is 6.42 Å². The number of fused-ring (bicyclic) bond motifs is 1. The SMILES string of the molecule is [C-]#[N+]c1ccc2[nH]cc(C3=CCNCC3)c2c1. The first-order valence-corrected chi connectivity index (χ1v) is 5.77. The number of rotatable bonds is 1. The summed E-state index contributed by atoms with van der Waals surface area (Å²) in [5.41, 5.74) is 4.42. The van der Waals surface area contributed by atoms with Gasteiger partial charge in [0.2, 0.25) is 0 Å². The molecule has 1 aromatic carbocycles. The lowest BCUT2D eigenvalue weighted by Crippen LogP contribution is -2.19. The molecule has 0 aliphatic carbocycles. The van der Waals surface area contributed by atoms with Crippen molar-refractivity contribution in [2.75, 3.05) is 13.1 Å². The number of hydrogen-bond donors (Lipinski definition) is 2. The number of hydrogen-bond acceptors (Lipinski definition) is 1. The van der Waals surface area contributed by atoms with Crippen LogP contribution >= 0.6 is 0 Å². The number of nitrogens with zero attached hydrogens (tertiary/aromatic N) is 1. The van der Waals surface area contributed by atoms with Crippen molar-refractivity contribution < 1.29 is 0 Å². The van der Waals surface area contributed by atoms with E-state index in [1.54, 1.807) is 0 Å². The van der Waals surface area contributed by atoms with Crippen LogP contribution in [0.4, 0.5) is 5.69 Å². The second-order valence-corrected chi connectivity index (χ2v) is 4.23. The van der Waals surface area contributed by atoms with Gasteiger partial charge in [-0.1, -0.05) is 12.1 Å². The Labute approximate surface area is 100.0 Å². The van der Waals surface area contributed by atoms with E-state index in [0.29, 0.717) is 5.69 Å². The molecule has 2 aromatic rings. The third-order valence-corrected chi connectivity index (χ3v) is 3.20. The third-order valence-electron chi connectivity index (χ3n) is 3.20. The molecule has 3 heteroatoms. The van der Waals surface area contributed by atoms with E-state index in [-0.39, 0.29) is 0 Å². The van der Waals surface area contributed by atoms with Gasteiger partial charge in [0.25, 0.3) is 0 Å². The van der Waals surface area contributed by atoms with E-state index in [0.717, 1.165) is 30.4 Å². The van der Waals surface area contributed by atoms with Crippen LogP contribution < -0.4 is 5.32 Å². The summed E-state index contributed by atoms with van der Waals surface area (Å²) in [7, 11) is 0. The number of benzene rings is 1. The Morgan fingerprint density at radius 3 is 3.00 bits per heavy atom. The van der Waals surface area contributed by atoms with Gasteiger partial charge in [-0.05, 0) is 36.1 Å². The number of aromatic nitrogens is 1. The highest BCUT2D eigenvalue weighted by atomic mass is 14.8. The molecule has 0 amide bonds. The first-order valence-electron chi connectivity index (χ1n) is 5.77. The Morgan fingerprint density at radius 1 is 1.29 bits per heavy atom. The van der Waals surface area contributed by atoms with E-state index in [1.165, 1.54) is 11.1 Å². The second kappa shape index (κ2) is 4.08. The van der Waals surface area contributed by atoms with Crippen molar-refractivity contribution in [3.8, 4) is 0 Å². The fourth-order valence-electron chi connectivity index (χ4n) is 2.31. The zero-order chi connectivity index (χ0) is 11.7. The molecular formula is C14H13N3. The van der Waals surface area contributed by atoms with Crippen LogP contribution in [-0.4, -0.2) is 18.1 Å². The fourth-order valence-corrected chi connectivity index (χ4v) is 2.31. The first kappa shape index (κ1) is 10.1. The van der Waals surface area contributed by atoms with Gasteiger partial charge in [-0.2, -0.15) is 0 Å². The molecule has 0 atom stereocenters. The van der Waals surface area contributed by atoms with Gasteiger partial charge in [0.1, 0.15) is 0 Å². The molecule has 0 radical (unpaired) electrons. The molecule has 0 unspecified atom stereocenters. The molecule has 2 heterocycles. The van der Waals surface area contributed by atoms with E-state index in [1.807, 2.05) is 18.2 Å². The van der Waals surface area contributed by atoms with E-state index >= 15 is 0 Å². The van der Waals surface area contributed by atoms with Crippen LogP contribution in [0.15, 0.2) is 30.5 Å². The molecule has 1 aromatic heterocycles. The Bertz CT molecular complexity index is 628. The van der Waals surface area contributed by atoms with Crippen molar-refractivity contribution in [2.24, 2.45) is 0 Å². The first-order chi connectivity index (χ1) is 8.38. The molecule has 3 nitrogen and oxygen atoms in total. The molecule has 0 saturated carbocycles. The largest absolute Gasteiger partial charge is 0.361 e. The van der Waals surface area contributed by atoms with Crippen molar-refractivity contribution in [3.63, 3.8) is 0 Å². The van der Waals surface area contributed by atoms with Crippen molar-refractivity contribution in [1.82, 2.24) is 10.3 Å². The monoisotopic (exact) mass is 223 g/mol. The summed E-state index contributed by atoms with van der Waals surface area (Å²) >= 11 is 0. The maximum atomic E-state index is 7.08. The Balaban J connectivity index is 2.16. The molecule has 0 bridgehead atoms. The maximum Gasteiger partial charge on any atom is 0.188 e. The summed E-state index contributed by atoms with van der Waals surface area (Å²) in [4.78, 5) is 6.76. The van der Waals surface area contributed by atoms with Gasteiger partial charge < -0.3 is 10.3 Å². The van der Waals surface area contributed by atoms with Gasteiger partial charge in [-0.3, -0.25) is 0 Å². The van der Waals surface area contributed by atoms with Crippen molar-refractivity contribution >= 4 is 22.2 Å². The average Bonchev–Trinajstić information content (AvgIpc) is 2.82. The van der Waals surface area contributed by atoms with Gasteiger partial charge in [0.05, 0.1) is 6.57 Å².